The molecule has 0 bridgehead atoms. The average Bonchev–Trinajstić information content (AvgIpc) is 3.80. The molecule has 0 radical (unpaired) electrons. The minimum atomic E-state index is 1.07. The van der Waals surface area contributed by atoms with Crippen LogP contribution in [-0.4, -0.2) is 9.55 Å². The zero-order valence-corrected chi connectivity index (χ0v) is 25.6. The standard InChI is InChI=1S/C43H26N2S/c1-4-11-27(12-5-1)30-19-22-38-35(25-30)36-26-31(28-13-6-2-7-14-28)20-23-39(36)45(38)37-24-21-33-40-32(37)17-10-18-34(40)42-41(33)44-43(46-42)29-15-8-3-9-16-29/h1-26H. The van der Waals surface area contributed by atoms with Gasteiger partial charge >= 0.3 is 0 Å². The lowest BCUT2D eigenvalue weighted by atomic mass is 10.0. The van der Waals surface area contributed by atoms with Crippen molar-refractivity contribution in [3.05, 3.63) is 158 Å². The molecule has 7 aromatic carbocycles. The molecule has 2 nitrogen and oxygen atoms in total. The van der Waals surface area contributed by atoms with E-state index in [4.69, 9.17) is 4.98 Å². The van der Waals surface area contributed by atoms with Gasteiger partial charge < -0.3 is 4.57 Å². The minimum Gasteiger partial charge on any atom is -0.309 e. The van der Waals surface area contributed by atoms with E-state index in [1.54, 1.807) is 11.3 Å². The Hall–Kier alpha value is -5.77. The zero-order chi connectivity index (χ0) is 30.2. The predicted molar refractivity (Wildman–Crippen MR) is 195 cm³/mol. The maximum atomic E-state index is 5.18. The molecular weight excluding hydrogens is 577 g/mol. The molecular formula is C43H26N2S. The second kappa shape index (κ2) is 9.87. The molecule has 214 valence electrons. The van der Waals surface area contributed by atoms with Crippen LogP contribution in [0.1, 0.15) is 0 Å². The molecule has 0 N–H and O–H groups in total. The summed E-state index contributed by atoms with van der Waals surface area (Å²) in [6.07, 6.45) is 0. The molecule has 2 aromatic heterocycles. The fraction of sp³-hybridized carbons (Fsp3) is 0. The third-order valence-corrected chi connectivity index (χ3v) is 10.5. The molecule has 2 heterocycles. The number of rotatable bonds is 4. The Morgan fingerprint density at radius 2 is 1.02 bits per heavy atom. The first-order valence-corrected chi connectivity index (χ1v) is 16.5. The van der Waals surface area contributed by atoms with E-state index in [2.05, 4.69) is 162 Å². The molecule has 1 aliphatic rings. The summed E-state index contributed by atoms with van der Waals surface area (Å²) in [6.45, 7) is 0. The first-order valence-electron chi connectivity index (χ1n) is 15.6. The summed E-state index contributed by atoms with van der Waals surface area (Å²) in [5, 5.41) is 6.13. The first-order chi connectivity index (χ1) is 22.8. The van der Waals surface area contributed by atoms with E-state index in [0.717, 1.165) is 10.7 Å². The Morgan fingerprint density at radius 1 is 0.435 bits per heavy atom. The monoisotopic (exact) mass is 602 g/mol. The number of thiazole rings is 1. The first kappa shape index (κ1) is 25.5. The largest absolute Gasteiger partial charge is 0.309 e. The Morgan fingerprint density at radius 3 is 1.63 bits per heavy atom. The average molecular weight is 603 g/mol. The Bertz CT molecular complexity index is 2490. The van der Waals surface area contributed by atoms with Crippen molar-refractivity contribution in [3.63, 3.8) is 0 Å². The van der Waals surface area contributed by atoms with Gasteiger partial charge in [0, 0.05) is 38.2 Å². The lowest BCUT2D eigenvalue weighted by molar-refractivity contribution is 1.20. The fourth-order valence-electron chi connectivity index (χ4n) is 7.27. The van der Waals surface area contributed by atoms with Crippen molar-refractivity contribution in [2.45, 2.75) is 0 Å². The van der Waals surface area contributed by atoms with Crippen LogP contribution in [0.2, 0.25) is 0 Å². The summed E-state index contributed by atoms with van der Waals surface area (Å²) < 4.78 is 2.46. The van der Waals surface area contributed by atoms with E-state index < -0.39 is 0 Å². The van der Waals surface area contributed by atoms with E-state index in [0.29, 0.717) is 0 Å². The quantitative estimate of drug-likeness (QED) is 0.196. The van der Waals surface area contributed by atoms with Gasteiger partial charge in [0.2, 0.25) is 0 Å². The lowest BCUT2D eigenvalue weighted by Gasteiger charge is -2.14. The minimum absolute atomic E-state index is 1.07. The van der Waals surface area contributed by atoms with Crippen LogP contribution < -0.4 is 0 Å². The van der Waals surface area contributed by atoms with Gasteiger partial charge in [0.05, 0.1) is 27.3 Å². The second-order valence-electron chi connectivity index (χ2n) is 12.0. The molecule has 0 saturated carbocycles. The molecule has 0 unspecified atom stereocenters. The van der Waals surface area contributed by atoms with Crippen molar-refractivity contribution in [1.29, 1.82) is 0 Å². The van der Waals surface area contributed by atoms with Crippen molar-refractivity contribution < 1.29 is 0 Å². The molecule has 9 aromatic rings. The molecule has 0 aliphatic heterocycles. The van der Waals surface area contributed by atoms with Crippen molar-refractivity contribution >= 4 is 43.9 Å². The molecule has 0 amide bonds. The summed E-state index contributed by atoms with van der Waals surface area (Å²) in [5.41, 5.74) is 13.3. The number of hydrogen-bond acceptors (Lipinski definition) is 2. The molecule has 0 spiro atoms. The van der Waals surface area contributed by atoms with E-state index in [1.165, 1.54) is 82.1 Å². The highest BCUT2D eigenvalue weighted by molar-refractivity contribution is 7.19. The molecule has 0 atom stereocenters. The Kier molecular flexibility index (Phi) is 5.48. The van der Waals surface area contributed by atoms with Gasteiger partial charge in [0.25, 0.3) is 0 Å². The van der Waals surface area contributed by atoms with Gasteiger partial charge in [-0.15, -0.1) is 11.3 Å². The zero-order valence-electron chi connectivity index (χ0n) is 24.8. The molecule has 0 fully saturated rings. The third kappa shape index (κ3) is 3.73. The summed E-state index contributed by atoms with van der Waals surface area (Å²) in [6, 6.07) is 57.1. The van der Waals surface area contributed by atoms with E-state index >= 15 is 0 Å². The molecule has 0 saturated heterocycles. The number of aromatic nitrogens is 2. The normalized spacial score (nSPS) is 11.9. The van der Waals surface area contributed by atoms with Gasteiger partial charge in [-0.05, 0) is 52.6 Å². The topological polar surface area (TPSA) is 17.8 Å². The molecule has 10 rings (SSSR count). The van der Waals surface area contributed by atoms with Gasteiger partial charge in [-0.3, -0.25) is 0 Å². The van der Waals surface area contributed by atoms with Crippen LogP contribution in [0.25, 0.3) is 92.8 Å². The lowest BCUT2D eigenvalue weighted by Crippen LogP contribution is -1.96. The second-order valence-corrected chi connectivity index (χ2v) is 13.0. The van der Waals surface area contributed by atoms with Crippen LogP contribution >= 0.6 is 11.3 Å². The molecule has 1 aliphatic carbocycles. The number of fused-ring (bicyclic) bond motifs is 6. The van der Waals surface area contributed by atoms with Crippen LogP contribution in [0, 0.1) is 0 Å². The summed E-state index contributed by atoms with van der Waals surface area (Å²) in [4.78, 5) is 6.44. The smallest absolute Gasteiger partial charge is 0.124 e. The van der Waals surface area contributed by atoms with E-state index in [1.807, 2.05) is 0 Å². The Balaban J connectivity index is 1.22. The van der Waals surface area contributed by atoms with Crippen LogP contribution in [0.15, 0.2) is 158 Å². The number of nitrogens with zero attached hydrogens (tertiary/aromatic N) is 2. The van der Waals surface area contributed by atoms with Crippen LogP contribution in [0.4, 0.5) is 0 Å². The summed E-state index contributed by atoms with van der Waals surface area (Å²) in [7, 11) is 0. The Labute approximate surface area is 270 Å². The number of hydrogen-bond donors (Lipinski definition) is 0. The van der Waals surface area contributed by atoms with Gasteiger partial charge in [-0.1, -0.05) is 127 Å². The summed E-state index contributed by atoms with van der Waals surface area (Å²) >= 11 is 1.79. The van der Waals surface area contributed by atoms with E-state index in [9.17, 15) is 0 Å². The highest BCUT2D eigenvalue weighted by atomic mass is 32.1. The third-order valence-electron chi connectivity index (χ3n) is 9.39. The van der Waals surface area contributed by atoms with Gasteiger partial charge in [0.1, 0.15) is 5.01 Å². The van der Waals surface area contributed by atoms with Crippen LogP contribution in [-0.2, 0) is 0 Å². The van der Waals surface area contributed by atoms with Crippen LogP contribution in [0.3, 0.4) is 0 Å². The van der Waals surface area contributed by atoms with Gasteiger partial charge in [-0.2, -0.15) is 0 Å². The number of benzene rings is 7. The SMILES string of the molecule is c1ccc(-c2ccc3c(c2)c2cc(-c4ccccc4)ccc2n3-c2ccc3c4c(cccc24)-c2sc(-c4ccccc4)nc2-3)cc1. The van der Waals surface area contributed by atoms with Crippen molar-refractivity contribution in [1.82, 2.24) is 9.55 Å². The van der Waals surface area contributed by atoms with Crippen LogP contribution in [0.5, 0.6) is 0 Å². The molecule has 3 heteroatoms. The highest BCUT2D eigenvalue weighted by Crippen LogP contribution is 2.52. The van der Waals surface area contributed by atoms with Gasteiger partial charge in [-0.25, -0.2) is 4.98 Å². The highest BCUT2D eigenvalue weighted by Gasteiger charge is 2.28. The van der Waals surface area contributed by atoms with Crippen molar-refractivity contribution in [2.75, 3.05) is 0 Å². The van der Waals surface area contributed by atoms with Crippen molar-refractivity contribution in [2.24, 2.45) is 0 Å². The van der Waals surface area contributed by atoms with E-state index in [-0.39, 0.29) is 0 Å². The maximum absolute atomic E-state index is 5.18. The maximum Gasteiger partial charge on any atom is 0.124 e. The van der Waals surface area contributed by atoms with Crippen molar-refractivity contribution in [3.8, 4) is 60.2 Å². The van der Waals surface area contributed by atoms with Gasteiger partial charge in [0.15, 0.2) is 0 Å². The predicted octanol–water partition coefficient (Wildman–Crippen LogP) is 12.0. The fourth-order valence-corrected chi connectivity index (χ4v) is 8.38. The molecule has 46 heavy (non-hydrogen) atoms. The summed E-state index contributed by atoms with van der Waals surface area (Å²) in [5.74, 6) is 0.